The molecule has 34 heavy (non-hydrogen) atoms. The summed E-state index contributed by atoms with van der Waals surface area (Å²) < 4.78 is 41.8. The van der Waals surface area contributed by atoms with E-state index in [-0.39, 0.29) is 22.3 Å². The van der Waals surface area contributed by atoms with Gasteiger partial charge in [0.25, 0.3) is 0 Å². The van der Waals surface area contributed by atoms with Gasteiger partial charge in [-0.05, 0) is 56.2 Å². The minimum Gasteiger partial charge on any atom is -0.355 e. The first-order valence-corrected chi connectivity index (χ1v) is 13.1. The number of hydrogen-bond donors (Lipinski definition) is 0. The fourth-order valence-corrected chi connectivity index (χ4v) is 6.40. The molecule has 6 nitrogen and oxygen atoms in total. The Kier molecular flexibility index (Phi) is 7.42. The second kappa shape index (κ2) is 10.2. The first kappa shape index (κ1) is 24.9. The molecule has 0 radical (unpaired) electrons. The molecule has 4 rings (SSSR count). The summed E-state index contributed by atoms with van der Waals surface area (Å²) in [5, 5.41) is 0.457. The molecule has 0 N–H and O–H groups in total. The zero-order valence-corrected chi connectivity index (χ0v) is 21.3. The Bertz CT molecular complexity index is 1320. The second-order valence-electron chi connectivity index (χ2n) is 8.28. The van der Waals surface area contributed by atoms with Crippen molar-refractivity contribution in [2.75, 3.05) is 31.1 Å². The van der Waals surface area contributed by atoms with Gasteiger partial charge >= 0.3 is 0 Å². The molecule has 0 amide bonds. The average Bonchev–Trinajstić information content (AvgIpc) is 3.04. The van der Waals surface area contributed by atoms with Crippen molar-refractivity contribution in [2.45, 2.75) is 31.6 Å². The predicted molar refractivity (Wildman–Crippen MR) is 133 cm³/mol. The molecule has 2 heterocycles. The maximum atomic E-state index is 13.8. The molecule has 10 heteroatoms. The van der Waals surface area contributed by atoms with Gasteiger partial charge in [-0.15, -0.1) is 0 Å². The van der Waals surface area contributed by atoms with Gasteiger partial charge in [-0.1, -0.05) is 35.3 Å². The van der Waals surface area contributed by atoms with Crippen LogP contribution in [0.15, 0.2) is 47.4 Å². The van der Waals surface area contributed by atoms with E-state index in [0.717, 1.165) is 22.6 Å². The lowest BCUT2D eigenvalue weighted by atomic mass is 10.0. The summed E-state index contributed by atoms with van der Waals surface area (Å²) in [5.41, 5.74) is 2.56. The van der Waals surface area contributed by atoms with Gasteiger partial charge in [-0.2, -0.15) is 4.31 Å². The largest absolute Gasteiger partial charge is 0.355 e. The Balaban J connectivity index is 1.62. The molecule has 0 unspecified atom stereocenters. The van der Waals surface area contributed by atoms with Crippen LogP contribution in [0.1, 0.15) is 29.1 Å². The van der Waals surface area contributed by atoms with E-state index in [1.807, 2.05) is 19.9 Å². The average molecular weight is 523 g/mol. The van der Waals surface area contributed by atoms with Gasteiger partial charge in [0.2, 0.25) is 10.0 Å². The number of anilines is 1. The lowest BCUT2D eigenvalue weighted by Gasteiger charge is -2.26. The van der Waals surface area contributed by atoms with E-state index >= 15 is 0 Å². The normalized spacial score (nSPS) is 15.4. The lowest BCUT2D eigenvalue weighted by molar-refractivity contribution is 0.433. The van der Waals surface area contributed by atoms with Crippen LogP contribution in [-0.4, -0.2) is 48.9 Å². The number of aromatic nitrogens is 2. The van der Waals surface area contributed by atoms with Crippen molar-refractivity contribution in [3.05, 3.63) is 81.0 Å². The highest BCUT2D eigenvalue weighted by molar-refractivity contribution is 7.89. The van der Waals surface area contributed by atoms with E-state index in [4.69, 9.17) is 28.2 Å². The number of rotatable bonds is 5. The van der Waals surface area contributed by atoms with Gasteiger partial charge in [-0.25, -0.2) is 22.8 Å². The quantitative estimate of drug-likeness (QED) is 0.470. The van der Waals surface area contributed by atoms with Gasteiger partial charge in [-0.3, -0.25) is 0 Å². The Labute approximate surface area is 209 Å². The molecule has 180 valence electrons. The van der Waals surface area contributed by atoms with Crippen molar-refractivity contribution in [1.82, 2.24) is 14.3 Å². The van der Waals surface area contributed by atoms with E-state index in [2.05, 4.69) is 9.88 Å². The van der Waals surface area contributed by atoms with Gasteiger partial charge in [0.1, 0.15) is 22.4 Å². The van der Waals surface area contributed by atoms with Crippen molar-refractivity contribution >= 4 is 39.0 Å². The number of nitrogens with zero attached hydrogens (tertiary/aromatic N) is 4. The molecule has 3 aromatic rings. The molecule has 0 aliphatic carbocycles. The number of benzene rings is 2. The third-order valence-corrected chi connectivity index (χ3v) is 8.45. The van der Waals surface area contributed by atoms with Crippen molar-refractivity contribution in [3.63, 3.8) is 0 Å². The molecular formula is C24H25Cl2FN4O2S. The standard InChI is InChI=1S/C24H25Cl2FN4O2S/c1-16-21(14-18-5-3-6-20(27)13-18)24(29-17(2)28-16)30-9-4-10-31(12-11-30)34(32,33)23-15-19(25)7-8-22(23)26/h3,5-8,13,15H,4,9-12,14H2,1-2H3. The molecule has 0 atom stereocenters. The maximum absolute atomic E-state index is 13.8. The zero-order valence-electron chi connectivity index (χ0n) is 18.9. The number of halogens is 3. The fraction of sp³-hybridized carbons (Fsp3) is 0.333. The smallest absolute Gasteiger partial charge is 0.244 e. The van der Waals surface area contributed by atoms with Crippen LogP contribution in [-0.2, 0) is 16.4 Å². The summed E-state index contributed by atoms with van der Waals surface area (Å²) in [4.78, 5) is 11.3. The van der Waals surface area contributed by atoms with E-state index in [0.29, 0.717) is 43.3 Å². The minimum atomic E-state index is -3.81. The third kappa shape index (κ3) is 5.35. The molecule has 1 aromatic heterocycles. The Morgan fingerprint density at radius 1 is 1.00 bits per heavy atom. The molecule has 1 aliphatic rings. The SMILES string of the molecule is Cc1nc(C)c(Cc2cccc(F)c2)c(N2CCCN(S(=O)(=O)c3cc(Cl)ccc3Cl)CC2)n1. The molecule has 0 bridgehead atoms. The molecule has 0 spiro atoms. The van der Waals surface area contributed by atoms with E-state index in [1.165, 1.54) is 28.6 Å². The van der Waals surface area contributed by atoms with Crippen LogP contribution < -0.4 is 4.90 Å². The first-order chi connectivity index (χ1) is 16.1. The van der Waals surface area contributed by atoms with Crippen molar-refractivity contribution in [3.8, 4) is 0 Å². The lowest BCUT2D eigenvalue weighted by Crippen LogP contribution is -2.36. The van der Waals surface area contributed by atoms with Crippen molar-refractivity contribution in [2.24, 2.45) is 0 Å². The Morgan fingerprint density at radius 2 is 1.79 bits per heavy atom. The Hall–Kier alpha value is -2.26. The van der Waals surface area contributed by atoms with Gasteiger partial charge < -0.3 is 4.90 Å². The van der Waals surface area contributed by atoms with Crippen molar-refractivity contribution in [1.29, 1.82) is 0 Å². The summed E-state index contributed by atoms with van der Waals surface area (Å²) in [6, 6.07) is 10.9. The summed E-state index contributed by atoms with van der Waals surface area (Å²) >= 11 is 12.2. The highest BCUT2D eigenvalue weighted by Gasteiger charge is 2.30. The third-order valence-electron chi connectivity index (χ3n) is 5.84. The van der Waals surface area contributed by atoms with Gasteiger partial charge in [0.15, 0.2) is 0 Å². The molecule has 1 saturated heterocycles. The number of sulfonamides is 1. The highest BCUT2D eigenvalue weighted by atomic mass is 35.5. The van der Waals surface area contributed by atoms with Crippen LogP contribution in [0.4, 0.5) is 10.2 Å². The van der Waals surface area contributed by atoms with E-state index in [9.17, 15) is 12.8 Å². The van der Waals surface area contributed by atoms with Crippen LogP contribution in [0.25, 0.3) is 0 Å². The predicted octanol–water partition coefficient (Wildman–Crippen LogP) is 5.03. The van der Waals surface area contributed by atoms with E-state index in [1.54, 1.807) is 12.1 Å². The van der Waals surface area contributed by atoms with Crippen LogP contribution >= 0.6 is 23.2 Å². The van der Waals surface area contributed by atoms with Crippen LogP contribution in [0.5, 0.6) is 0 Å². The minimum absolute atomic E-state index is 0.00985. The van der Waals surface area contributed by atoms with Gasteiger partial charge in [0.05, 0.1) is 5.02 Å². The van der Waals surface area contributed by atoms with E-state index < -0.39 is 10.0 Å². The summed E-state index contributed by atoms with van der Waals surface area (Å²) in [6.07, 6.45) is 1.09. The zero-order chi connectivity index (χ0) is 24.5. The second-order valence-corrected chi connectivity index (χ2v) is 11.0. The molecular weight excluding hydrogens is 498 g/mol. The maximum Gasteiger partial charge on any atom is 0.244 e. The topological polar surface area (TPSA) is 66.4 Å². The first-order valence-electron chi connectivity index (χ1n) is 10.9. The number of aryl methyl sites for hydroxylation is 2. The molecule has 1 fully saturated rings. The summed E-state index contributed by atoms with van der Waals surface area (Å²) in [7, 11) is -3.81. The Morgan fingerprint density at radius 3 is 2.56 bits per heavy atom. The molecule has 2 aromatic carbocycles. The summed E-state index contributed by atoms with van der Waals surface area (Å²) in [6.45, 7) is 5.45. The molecule has 1 aliphatic heterocycles. The molecule has 0 saturated carbocycles. The van der Waals surface area contributed by atoms with Crippen LogP contribution in [0, 0.1) is 19.7 Å². The monoisotopic (exact) mass is 522 g/mol. The van der Waals surface area contributed by atoms with Gasteiger partial charge in [0, 0.05) is 48.9 Å². The van der Waals surface area contributed by atoms with Crippen LogP contribution in [0.3, 0.4) is 0 Å². The van der Waals surface area contributed by atoms with Crippen molar-refractivity contribution < 1.29 is 12.8 Å². The van der Waals surface area contributed by atoms with Crippen LogP contribution in [0.2, 0.25) is 10.0 Å². The highest BCUT2D eigenvalue weighted by Crippen LogP contribution is 2.30. The number of hydrogen-bond acceptors (Lipinski definition) is 5. The fourth-order valence-electron chi connectivity index (χ4n) is 4.20. The summed E-state index contributed by atoms with van der Waals surface area (Å²) in [5.74, 6) is 1.10.